The standard InChI is InChI=1S/C13H13F2N5/c1-7-11-9(12(14)15)4-10(8-5-16-19(2)6-8)17-13(11)20(3)18-7/h4-6,12H,1-3H3. The van der Waals surface area contributed by atoms with Crippen molar-refractivity contribution in [1.82, 2.24) is 24.5 Å². The number of nitrogens with zero attached hydrogens (tertiary/aromatic N) is 5. The fraction of sp³-hybridized carbons (Fsp3) is 0.308. The Morgan fingerprint density at radius 1 is 1.25 bits per heavy atom. The Morgan fingerprint density at radius 2 is 2.00 bits per heavy atom. The maximum atomic E-state index is 13.3. The highest BCUT2D eigenvalue weighted by atomic mass is 19.3. The van der Waals surface area contributed by atoms with Gasteiger partial charge in [0.25, 0.3) is 6.43 Å². The summed E-state index contributed by atoms with van der Waals surface area (Å²) in [5.41, 5.74) is 2.15. The van der Waals surface area contributed by atoms with Gasteiger partial charge in [-0.1, -0.05) is 0 Å². The van der Waals surface area contributed by atoms with Gasteiger partial charge < -0.3 is 0 Å². The quantitative estimate of drug-likeness (QED) is 0.723. The molecule has 0 spiro atoms. The zero-order valence-corrected chi connectivity index (χ0v) is 11.3. The molecule has 0 radical (unpaired) electrons. The summed E-state index contributed by atoms with van der Waals surface area (Å²) in [4.78, 5) is 4.44. The number of halogens is 2. The Kier molecular flexibility index (Phi) is 2.77. The summed E-state index contributed by atoms with van der Waals surface area (Å²) < 4.78 is 29.7. The fourth-order valence-corrected chi connectivity index (χ4v) is 2.35. The predicted molar refractivity (Wildman–Crippen MR) is 70.4 cm³/mol. The Balaban J connectivity index is 2.33. The topological polar surface area (TPSA) is 48.5 Å². The molecule has 3 rings (SSSR count). The lowest BCUT2D eigenvalue weighted by Crippen LogP contribution is -1.96. The van der Waals surface area contributed by atoms with E-state index in [4.69, 9.17) is 0 Å². The van der Waals surface area contributed by atoms with E-state index in [1.165, 1.54) is 10.7 Å². The largest absolute Gasteiger partial charge is 0.275 e. The highest BCUT2D eigenvalue weighted by molar-refractivity contribution is 5.85. The molecule has 0 fully saturated rings. The number of rotatable bonds is 2. The molecule has 0 amide bonds. The molecule has 3 heterocycles. The van der Waals surface area contributed by atoms with Crippen LogP contribution in [0.5, 0.6) is 0 Å². The van der Waals surface area contributed by atoms with Gasteiger partial charge in [-0.15, -0.1) is 0 Å². The third-order valence-corrected chi connectivity index (χ3v) is 3.23. The summed E-state index contributed by atoms with van der Waals surface area (Å²) in [6.07, 6.45) is 0.776. The Labute approximate surface area is 113 Å². The minimum atomic E-state index is -2.57. The molecule has 5 nitrogen and oxygen atoms in total. The minimum Gasteiger partial charge on any atom is -0.275 e. The first-order chi connectivity index (χ1) is 9.47. The lowest BCUT2D eigenvalue weighted by Gasteiger charge is -2.06. The maximum Gasteiger partial charge on any atom is 0.264 e. The van der Waals surface area contributed by atoms with E-state index in [0.29, 0.717) is 28.0 Å². The van der Waals surface area contributed by atoms with E-state index in [1.807, 2.05) is 0 Å². The van der Waals surface area contributed by atoms with Crippen LogP contribution in [0.2, 0.25) is 0 Å². The highest BCUT2D eigenvalue weighted by Crippen LogP contribution is 2.32. The average Bonchev–Trinajstić information content (AvgIpc) is 2.94. The molecule has 7 heteroatoms. The van der Waals surface area contributed by atoms with Crippen molar-refractivity contribution in [1.29, 1.82) is 0 Å². The zero-order valence-electron chi connectivity index (χ0n) is 11.3. The molecular weight excluding hydrogens is 264 g/mol. The molecule has 0 aliphatic rings. The summed E-state index contributed by atoms with van der Waals surface area (Å²) in [5.74, 6) is 0. The molecule has 0 bridgehead atoms. The second-order valence-corrected chi connectivity index (χ2v) is 4.71. The summed E-state index contributed by atoms with van der Waals surface area (Å²) in [7, 11) is 3.47. The van der Waals surface area contributed by atoms with Crippen LogP contribution in [0.25, 0.3) is 22.3 Å². The molecule has 104 valence electrons. The van der Waals surface area contributed by atoms with Crippen LogP contribution in [0, 0.1) is 6.92 Å². The number of aryl methyl sites for hydroxylation is 3. The third-order valence-electron chi connectivity index (χ3n) is 3.23. The fourth-order valence-electron chi connectivity index (χ4n) is 2.35. The van der Waals surface area contributed by atoms with Crippen LogP contribution >= 0.6 is 0 Å². The van der Waals surface area contributed by atoms with Gasteiger partial charge in [0, 0.05) is 31.4 Å². The lowest BCUT2D eigenvalue weighted by atomic mass is 10.1. The Hall–Kier alpha value is -2.31. The van der Waals surface area contributed by atoms with E-state index in [9.17, 15) is 8.78 Å². The molecule has 3 aromatic rings. The highest BCUT2D eigenvalue weighted by Gasteiger charge is 2.20. The first kappa shape index (κ1) is 12.7. The zero-order chi connectivity index (χ0) is 14.4. The molecule has 0 aliphatic carbocycles. The SMILES string of the molecule is Cc1nn(C)c2nc(-c3cnn(C)c3)cc(C(F)F)c12. The first-order valence-electron chi connectivity index (χ1n) is 6.09. The first-order valence-corrected chi connectivity index (χ1v) is 6.09. The number of pyridine rings is 1. The van der Waals surface area contributed by atoms with Crippen molar-refractivity contribution in [2.24, 2.45) is 14.1 Å². The molecule has 0 N–H and O–H groups in total. The maximum absolute atomic E-state index is 13.3. The molecule has 0 saturated carbocycles. The summed E-state index contributed by atoms with van der Waals surface area (Å²) in [6.45, 7) is 1.71. The predicted octanol–water partition coefficient (Wildman–Crippen LogP) is 2.61. The molecule has 0 atom stereocenters. The van der Waals surface area contributed by atoms with E-state index in [-0.39, 0.29) is 5.56 Å². The van der Waals surface area contributed by atoms with Crippen molar-refractivity contribution in [2.45, 2.75) is 13.3 Å². The van der Waals surface area contributed by atoms with Gasteiger partial charge in [-0.05, 0) is 13.0 Å². The Morgan fingerprint density at radius 3 is 2.60 bits per heavy atom. The van der Waals surface area contributed by atoms with Gasteiger partial charge in [-0.25, -0.2) is 13.8 Å². The smallest absolute Gasteiger partial charge is 0.264 e. The van der Waals surface area contributed by atoms with Crippen molar-refractivity contribution >= 4 is 11.0 Å². The van der Waals surface area contributed by atoms with Gasteiger partial charge in [-0.2, -0.15) is 10.2 Å². The number of fused-ring (bicyclic) bond motifs is 1. The van der Waals surface area contributed by atoms with Crippen molar-refractivity contribution in [3.63, 3.8) is 0 Å². The molecule has 0 aromatic carbocycles. The molecule has 0 aliphatic heterocycles. The van der Waals surface area contributed by atoms with Gasteiger partial charge in [0.1, 0.15) is 0 Å². The van der Waals surface area contributed by atoms with Crippen LogP contribution in [0.1, 0.15) is 17.7 Å². The average molecular weight is 277 g/mol. The molecular formula is C13H13F2N5. The van der Waals surface area contributed by atoms with Crippen LogP contribution in [-0.4, -0.2) is 24.5 Å². The van der Waals surface area contributed by atoms with E-state index < -0.39 is 6.43 Å². The van der Waals surface area contributed by atoms with E-state index >= 15 is 0 Å². The summed E-state index contributed by atoms with van der Waals surface area (Å²) in [6, 6.07) is 1.42. The molecule has 0 saturated heterocycles. The van der Waals surface area contributed by atoms with Crippen molar-refractivity contribution in [2.75, 3.05) is 0 Å². The number of alkyl halides is 2. The van der Waals surface area contributed by atoms with Gasteiger partial charge in [-0.3, -0.25) is 9.36 Å². The lowest BCUT2D eigenvalue weighted by molar-refractivity contribution is 0.153. The van der Waals surface area contributed by atoms with Gasteiger partial charge in [0.05, 0.1) is 23.0 Å². The summed E-state index contributed by atoms with van der Waals surface area (Å²) >= 11 is 0. The van der Waals surface area contributed by atoms with E-state index in [2.05, 4.69) is 15.2 Å². The number of hydrogen-bond acceptors (Lipinski definition) is 3. The van der Waals surface area contributed by atoms with E-state index in [1.54, 1.807) is 38.1 Å². The monoisotopic (exact) mass is 277 g/mol. The minimum absolute atomic E-state index is 0.0422. The number of aromatic nitrogens is 5. The second-order valence-electron chi connectivity index (χ2n) is 4.71. The van der Waals surface area contributed by atoms with Crippen molar-refractivity contribution in [3.8, 4) is 11.3 Å². The van der Waals surface area contributed by atoms with Gasteiger partial charge in [0.2, 0.25) is 0 Å². The Bertz CT molecular complexity index is 788. The normalized spacial score (nSPS) is 11.7. The number of hydrogen-bond donors (Lipinski definition) is 0. The van der Waals surface area contributed by atoms with Crippen LogP contribution in [0.15, 0.2) is 18.5 Å². The molecule has 20 heavy (non-hydrogen) atoms. The van der Waals surface area contributed by atoms with Crippen molar-refractivity contribution < 1.29 is 8.78 Å². The van der Waals surface area contributed by atoms with Gasteiger partial charge >= 0.3 is 0 Å². The van der Waals surface area contributed by atoms with Crippen LogP contribution in [-0.2, 0) is 14.1 Å². The van der Waals surface area contributed by atoms with Crippen LogP contribution in [0.3, 0.4) is 0 Å². The van der Waals surface area contributed by atoms with Crippen LogP contribution < -0.4 is 0 Å². The molecule has 3 aromatic heterocycles. The second kappa shape index (κ2) is 4.36. The van der Waals surface area contributed by atoms with E-state index in [0.717, 1.165) is 0 Å². The van der Waals surface area contributed by atoms with Crippen LogP contribution in [0.4, 0.5) is 8.78 Å². The van der Waals surface area contributed by atoms with Crippen molar-refractivity contribution in [3.05, 3.63) is 29.7 Å². The molecule has 0 unspecified atom stereocenters. The third kappa shape index (κ3) is 1.86. The van der Waals surface area contributed by atoms with Gasteiger partial charge in [0.15, 0.2) is 5.65 Å². The summed E-state index contributed by atoms with van der Waals surface area (Å²) in [5, 5.41) is 8.64.